The number of nitro benzene ring substituents is 1. The molecule has 2 heterocycles. The lowest BCUT2D eigenvalue weighted by Gasteiger charge is -2.15. The Morgan fingerprint density at radius 1 is 1.06 bits per heavy atom. The number of hydrogen-bond acceptors (Lipinski definition) is 5. The first-order valence-corrected chi connectivity index (χ1v) is 9.96. The molecule has 9 nitrogen and oxygen atoms in total. The third kappa shape index (κ3) is 4.45. The maximum Gasteiger partial charge on any atom is 0.294 e. The molecule has 0 atom stereocenters. The number of amides is 2. The van der Waals surface area contributed by atoms with Crippen molar-refractivity contribution in [3.63, 3.8) is 0 Å². The van der Waals surface area contributed by atoms with Crippen LogP contribution in [-0.2, 0) is 6.54 Å². The van der Waals surface area contributed by atoms with E-state index in [4.69, 9.17) is 0 Å². The van der Waals surface area contributed by atoms with E-state index in [0.717, 1.165) is 31.5 Å². The first kappa shape index (κ1) is 20.3. The monoisotopic (exact) mass is 419 g/mol. The molecule has 4 rings (SSSR count). The van der Waals surface area contributed by atoms with E-state index in [1.165, 1.54) is 35.3 Å². The second-order valence-electron chi connectivity index (χ2n) is 7.31. The van der Waals surface area contributed by atoms with Crippen LogP contribution in [0.25, 0.3) is 5.69 Å². The highest BCUT2D eigenvalue weighted by molar-refractivity contribution is 5.95. The summed E-state index contributed by atoms with van der Waals surface area (Å²) < 4.78 is 1.52. The zero-order valence-corrected chi connectivity index (χ0v) is 16.7. The highest BCUT2D eigenvalue weighted by atomic mass is 16.6. The van der Waals surface area contributed by atoms with Gasteiger partial charge in [0.1, 0.15) is 5.69 Å². The Labute approximate surface area is 178 Å². The lowest BCUT2D eigenvalue weighted by atomic mass is 10.1. The number of rotatable bonds is 6. The second kappa shape index (κ2) is 8.78. The van der Waals surface area contributed by atoms with Gasteiger partial charge >= 0.3 is 0 Å². The summed E-state index contributed by atoms with van der Waals surface area (Å²) in [6, 6.07) is 11.4. The number of aromatic nitrogens is 2. The topological polar surface area (TPSA) is 110 Å². The van der Waals surface area contributed by atoms with Gasteiger partial charge in [-0.3, -0.25) is 19.7 Å². The summed E-state index contributed by atoms with van der Waals surface area (Å²) in [7, 11) is 0. The number of likely N-dealkylation sites (tertiary alicyclic amines) is 1. The predicted octanol–water partition coefficient (Wildman–Crippen LogP) is 2.95. The van der Waals surface area contributed by atoms with Crippen LogP contribution in [0.3, 0.4) is 0 Å². The van der Waals surface area contributed by atoms with E-state index in [-0.39, 0.29) is 23.7 Å². The Kier molecular flexibility index (Phi) is 5.74. The van der Waals surface area contributed by atoms with E-state index in [0.29, 0.717) is 11.3 Å². The van der Waals surface area contributed by atoms with E-state index in [9.17, 15) is 19.7 Å². The van der Waals surface area contributed by atoms with Crippen LogP contribution in [0.15, 0.2) is 61.2 Å². The molecule has 3 aromatic rings. The van der Waals surface area contributed by atoms with Gasteiger partial charge in [0.15, 0.2) is 0 Å². The molecule has 0 unspecified atom stereocenters. The normalized spacial score (nSPS) is 13.2. The minimum Gasteiger partial charge on any atom is -0.348 e. The fourth-order valence-electron chi connectivity index (χ4n) is 3.58. The van der Waals surface area contributed by atoms with Crippen molar-refractivity contribution < 1.29 is 14.5 Å². The maximum absolute atomic E-state index is 12.5. The van der Waals surface area contributed by atoms with Gasteiger partial charge in [-0.05, 0) is 42.7 Å². The zero-order chi connectivity index (χ0) is 21.8. The molecule has 2 amide bonds. The van der Waals surface area contributed by atoms with E-state index in [1.807, 2.05) is 4.90 Å². The summed E-state index contributed by atoms with van der Waals surface area (Å²) in [5.41, 5.74) is 1.79. The Balaban J connectivity index is 1.42. The molecular formula is C22H21N5O4. The molecule has 0 saturated carbocycles. The zero-order valence-electron chi connectivity index (χ0n) is 16.7. The Bertz CT molecular complexity index is 1100. The molecule has 1 fully saturated rings. The number of nitrogens with one attached hydrogen (secondary N) is 1. The smallest absolute Gasteiger partial charge is 0.294 e. The standard InChI is InChI=1S/C22H21N5O4/c28-21(18-7-8-19(20(13-18)27(30)31)26-12-9-23-15-26)24-14-16-3-5-17(6-4-16)22(29)25-10-1-2-11-25/h3-9,12-13,15H,1-2,10-11,14H2,(H,24,28). The van der Waals surface area contributed by atoms with Crippen molar-refractivity contribution in [2.45, 2.75) is 19.4 Å². The third-order valence-electron chi connectivity index (χ3n) is 5.26. The van der Waals surface area contributed by atoms with Crippen LogP contribution >= 0.6 is 0 Å². The lowest BCUT2D eigenvalue weighted by Crippen LogP contribution is -2.27. The van der Waals surface area contributed by atoms with Gasteiger partial charge in [0.25, 0.3) is 17.5 Å². The number of carbonyl (C=O) groups is 2. The molecule has 0 radical (unpaired) electrons. The van der Waals surface area contributed by atoms with E-state index < -0.39 is 10.8 Å². The van der Waals surface area contributed by atoms with Gasteiger partial charge in [-0.1, -0.05) is 12.1 Å². The Morgan fingerprint density at radius 2 is 1.77 bits per heavy atom. The van der Waals surface area contributed by atoms with Crippen molar-refractivity contribution in [2.24, 2.45) is 0 Å². The minimum absolute atomic E-state index is 0.0263. The van der Waals surface area contributed by atoms with Crippen LogP contribution in [0.2, 0.25) is 0 Å². The molecular weight excluding hydrogens is 398 g/mol. The fourth-order valence-corrected chi connectivity index (χ4v) is 3.58. The van der Waals surface area contributed by atoms with Crippen molar-refractivity contribution in [1.82, 2.24) is 19.8 Å². The molecule has 9 heteroatoms. The number of imidazole rings is 1. The quantitative estimate of drug-likeness (QED) is 0.488. The number of carbonyl (C=O) groups excluding carboxylic acids is 2. The molecule has 31 heavy (non-hydrogen) atoms. The van der Waals surface area contributed by atoms with Crippen molar-refractivity contribution in [3.8, 4) is 5.69 Å². The van der Waals surface area contributed by atoms with Crippen LogP contribution in [0.4, 0.5) is 5.69 Å². The SMILES string of the molecule is O=C(NCc1ccc(C(=O)N2CCCC2)cc1)c1ccc(-n2ccnc2)c([N+](=O)[O-])c1. The average Bonchev–Trinajstić information content (AvgIpc) is 3.51. The predicted molar refractivity (Wildman–Crippen MR) is 113 cm³/mol. The van der Waals surface area contributed by atoms with Crippen LogP contribution in [0, 0.1) is 10.1 Å². The summed E-state index contributed by atoms with van der Waals surface area (Å²) in [5, 5.41) is 14.2. The molecule has 1 aliphatic rings. The van der Waals surface area contributed by atoms with Gasteiger partial charge in [-0.2, -0.15) is 0 Å². The number of hydrogen-bond donors (Lipinski definition) is 1. The number of nitro groups is 1. The van der Waals surface area contributed by atoms with Crippen LogP contribution in [0.5, 0.6) is 0 Å². The summed E-state index contributed by atoms with van der Waals surface area (Å²) in [6.45, 7) is 1.83. The van der Waals surface area contributed by atoms with Gasteiger partial charge in [0, 0.05) is 49.2 Å². The molecule has 1 aliphatic heterocycles. The van der Waals surface area contributed by atoms with Gasteiger partial charge in [0.05, 0.1) is 11.3 Å². The maximum atomic E-state index is 12.5. The van der Waals surface area contributed by atoms with Crippen LogP contribution < -0.4 is 5.32 Å². The van der Waals surface area contributed by atoms with Gasteiger partial charge in [-0.15, -0.1) is 0 Å². The number of benzene rings is 2. The van der Waals surface area contributed by atoms with E-state index in [1.54, 1.807) is 30.5 Å². The van der Waals surface area contributed by atoms with Gasteiger partial charge < -0.3 is 14.8 Å². The summed E-state index contributed by atoms with van der Waals surface area (Å²) in [5.74, 6) is -0.393. The van der Waals surface area contributed by atoms with Crippen LogP contribution in [0.1, 0.15) is 39.1 Å². The summed E-state index contributed by atoms with van der Waals surface area (Å²) >= 11 is 0. The molecule has 1 N–H and O–H groups in total. The molecule has 0 bridgehead atoms. The largest absolute Gasteiger partial charge is 0.348 e. The summed E-state index contributed by atoms with van der Waals surface area (Å²) in [4.78, 5) is 41.6. The van der Waals surface area contributed by atoms with Crippen LogP contribution in [-0.4, -0.2) is 44.3 Å². The van der Waals surface area contributed by atoms with Crippen molar-refractivity contribution >= 4 is 17.5 Å². The number of nitrogens with zero attached hydrogens (tertiary/aromatic N) is 4. The van der Waals surface area contributed by atoms with E-state index >= 15 is 0 Å². The Hall–Kier alpha value is -4.01. The minimum atomic E-state index is -0.526. The van der Waals surface area contributed by atoms with Crippen molar-refractivity contribution in [2.75, 3.05) is 13.1 Å². The molecule has 0 spiro atoms. The van der Waals surface area contributed by atoms with Gasteiger partial charge in [-0.25, -0.2) is 4.98 Å². The lowest BCUT2D eigenvalue weighted by molar-refractivity contribution is -0.384. The van der Waals surface area contributed by atoms with Gasteiger partial charge in [0.2, 0.25) is 0 Å². The Morgan fingerprint density at radius 3 is 2.42 bits per heavy atom. The molecule has 158 valence electrons. The molecule has 1 aromatic heterocycles. The van der Waals surface area contributed by atoms with Crippen molar-refractivity contribution in [3.05, 3.63) is 88.0 Å². The average molecular weight is 419 g/mol. The first-order chi connectivity index (χ1) is 15.0. The molecule has 0 aliphatic carbocycles. The van der Waals surface area contributed by atoms with E-state index in [2.05, 4.69) is 10.3 Å². The molecule has 1 saturated heterocycles. The third-order valence-corrected chi connectivity index (χ3v) is 5.26. The molecule has 2 aromatic carbocycles. The fraction of sp³-hybridized carbons (Fsp3) is 0.227. The van der Waals surface area contributed by atoms with Crippen molar-refractivity contribution in [1.29, 1.82) is 0 Å². The highest BCUT2D eigenvalue weighted by Crippen LogP contribution is 2.24. The second-order valence-corrected chi connectivity index (χ2v) is 7.31. The first-order valence-electron chi connectivity index (χ1n) is 9.96. The summed E-state index contributed by atoms with van der Waals surface area (Å²) in [6.07, 6.45) is 6.66. The highest BCUT2D eigenvalue weighted by Gasteiger charge is 2.20.